The van der Waals surface area contributed by atoms with Crippen LogP contribution < -0.4 is 0 Å². The van der Waals surface area contributed by atoms with Crippen molar-refractivity contribution >= 4 is 0 Å². The third-order valence-corrected chi connectivity index (χ3v) is 6.56. The van der Waals surface area contributed by atoms with Crippen molar-refractivity contribution in [3.63, 3.8) is 0 Å². The van der Waals surface area contributed by atoms with Gasteiger partial charge in [0, 0.05) is 18.9 Å². The predicted molar refractivity (Wildman–Crippen MR) is 109 cm³/mol. The second-order valence-corrected chi connectivity index (χ2v) is 8.79. The Hall–Kier alpha value is -0.980. The van der Waals surface area contributed by atoms with Crippen molar-refractivity contribution in [2.75, 3.05) is 0 Å². The SMILES string of the molecule is Cc1ccn(CCCCCCCCCCCCC2CC3C=CC2C3)c1. The zero-order chi connectivity index (χ0) is 17.3. The van der Waals surface area contributed by atoms with E-state index in [2.05, 4.69) is 42.1 Å². The number of fused-ring (bicyclic) bond motifs is 2. The third-order valence-electron chi connectivity index (χ3n) is 6.56. The van der Waals surface area contributed by atoms with Crippen molar-refractivity contribution in [3.05, 3.63) is 36.2 Å². The minimum atomic E-state index is 0.961. The first-order valence-corrected chi connectivity index (χ1v) is 11.1. The zero-order valence-electron chi connectivity index (χ0n) is 16.5. The molecule has 1 aromatic heterocycles. The largest absolute Gasteiger partial charge is 0.354 e. The van der Waals surface area contributed by atoms with Gasteiger partial charge in [-0.25, -0.2) is 0 Å². The Labute approximate surface area is 155 Å². The number of hydrogen-bond acceptors (Lipinski definition) is 0. The minimum absolute atomic E-state index is 0.961. The summed E-state index contributed by atoms with van der Waals surface area (Å²) < 4.78 is 2.34. The molecule has 25 heavy (non-hydrogen) atoms. The quantitative estimate of drug-likeness (QED) is 0.262. The molecule has 3 atom stereocenters. The van der Waals surface area contributed by atoms with Gasteiger partial charge in [-0.15, -0.1) is 0 Å². The van der Waals surface area contributed by atoms with E-state index in [0.29, 0.717) is 0 Å². The van der Waals surface area contributed by atoms with Gasteiger partial charge in [-0.1, -0.05) is 69.9 Å². The predicted octanol–water partition coefficient (Wildman–Crippen LogP) is 7.30. The van der Waals surface area contributed by atoms with E-state index in [-0.39, 0.29) is 0 Å². The van der Waals surface area contributed by atoms with E-state index in [9.17, 15) is 0 Å². The monoisotopic (exact) mass is 341 g/mol. The number of unbranched alkanes of at least 4 members (excludes halogenated alkanes) is 9. The Morgan fingerprint density at radius 3 is 2.08 bits per heavy atom. The first-order valence-electron chi connectivity index (χ1n) is 11.1. The molecule has 0 saturated heterocycles. The lowest BCUT2D eigenvalue weighted by Crippen LogP contribution is -2.06. The van der Waals surface area contributed by atoms with Crippen LogP contribution in [0.5, 0.6) is 0 Å². The molecule has 2 aliphatic carbocycles. The van der Waals surface area contributed by atoms with Gasteiger partial charge in [-0.05, 0) is 62.0 Å². The second kappa shape index (κ2) is 10.2. The molecule has 1 heteroatoms. The summed E-state index contributed by atoms with van der Waals surface area (Å²) in [6.07, 6.45) is 28.4. The first-order chi connectivity index (χ1) is 12.3. The van der Waals surface area contributed by atoms with Gasteiger partial charge in [0.25, 0.3) is 0 Å². The molecule has 1 fully saturated rings. The molecule has 0 aromatic carbocycles. The number of hydrogen-bond donors (Lipinski definition) is 0. The Kier molecular flexibility index (Phi) is 7.70. The smallest absolute Gasteiger partial charge is 0.0219 e. The Morgan fingerprint density at radius 2 is 1.52 bits per heavy atom. The number of allylic oxidation sites excluding steroid dienone is 2. The van der Waals surface area contributed by atoms with Crippen molar-refractivity contribution < 1.29 is 0 Å². The van der Waals surface area contributed by atoms with Crippen LogP contribution in [0, 0.1) is 24.7 Å². The van der Waals surface area contributed by atoms with Crippen LogP contribution in [0.1, 0.15) is 89.0 Å². The van der Waals surface area contributed by atoms with Gasteiger partial charge in [-0.2, -0.15) is 0 Å². The van der Waals surface area contributed by atoms with Gasteiger partial charge < -0.3 is 4.57 Å². The van der Waals surface area contributed by atoms with Crippen LogP contribution in [0.3, 0.4) is 0 Å². The molecule has 0 spiro atoms. The van der Waals surface area contributed by atoms with Crippen LogP contribution in [0.25, 0.3) is 0 Å². The van der Waals surface area contributed by atoms with Gasteiger partial charge >= 0.3 is 0 Å². The zero-order valence-corrected chi connectivity index (χ0v) is 16.5. The summed E-state index contributed by atoms with van der Waals surface area (Å²) in [5, 5.41) is 0. The Morgan fingerprint density at radius 1 is 0.840 bits per heavy atom. The van der Waals surface area contributed by atoms with Crippen LogP contribution in [-0.4, -0.2) is 4.57 Å². The number of nitrogens with zero attached hydrogens (tertiary/aromatic N) is 1. The molecule has 3 rings (SSSR count). The molecule has 140 valence electrons. The molecule has 0 radical (unpaired) electrons. The molecular weight excluding hydrogens is 302 g/mol. The maximum Gasteiger partial charge on any atom is 0.0219 e. The summed E-state index contributed by atoms with van der Waals surface area (Å²) >= 11 is 0. The molecule has 0 aliphatic heterocycles. The standard InChI is InChI=1S/C24H39N/c1-21-15-17-25(20-21)16-11-9-7-5-3-2-4-6-8-10-12-23-18-22-13-14-24(23)19-22/h13-15,17,20,22-24H,2-12,16,18-19H2,1H3. The van der Waals surface area contributed by atoms with Gasteiger partial charge in [0.15, 0.2) is 0 Å². The van der Waals surface area contributed by atoms with Crippen LogP contribution in [-0.2, 0) is 6.54 Å². The van der Waals surface area contributed by atoms with Gasteiger partial charge in [-0.3, -0.25) is 0 Å². The average Bonchev–Trinajstić information content (AvgIpc) is 3.33. The van der Waals surface area contributed by atoms with Crippen LogP contribution in [0.15, 0.2) is 30.6 Å². The second-order valence-electron chi connectivity index (χ2n) is 8.79. The third kappa shape index (κ3) is 6.35. The van der Waals surface area contributed by atoms with Crippen molar-refractivity contribution in [1.29, 1.82) is 0 Å². The summed E-state index contributed by atoms with van der Waals surface area (Å²) in [6, 6.07) is 2.20. The molecule has 1 nitrogen and oxygen atoms in total. The highest BCUT2D eigenvalue weighted by Gasteiger charge is 2.34. The molecule has 1 aromatic rings. The normalized spacial score (nSPS) is 24.4. The van der Waals surface area contributed by atoms with E-state index >= 15 is 0 Å². The van der Waals surface area contributed by atoms with Gasteiger partial charge in [0.2, 0.25) is 0 Å². The molecule has 0 amide bonds. The van der Waals surface area contributed by atoms with Crippen LogP contribution in [0.4, 0.5) is 0 Å². The molecule has 3 unspecified atom stereocenters. The average molecular weight is 342 g/mol. The van der Waals surface area contributed by atoms with E-state index in [0.717, 1.165) is 17.8 Å². The van der Waals surface area contributed by atoms with Crippen molar-refractivity contribution in [2.24, 2.45) is 17.8 Å². The summed E-state index contributed by atoms with van der Waals surface area (Å²) in [5.41, 5.74) is 1.38. The molecule has 1 heterocycles. The number of aromatic nitrogens is 1. The fraction of sp³-hybridized carbons (Fsp3) is 0.750. The topological polar surface area (TPSA) is 4.93 Å². The van der Waals surface area contributed by atoms with Gasteiger partial charge in [0.1, 0.15) is 0 Å². The van der Waals surface area contributed by atoms with E-state index in [4.69, 9.17) is 0 Å². The van der Waals surface area contributed by atoms with Crippen molar-refractivity contribution in [1.82, 2.24) is 4.57 Å². The van der Waals surface area contributed by atoms with Crippen molar-refractivity contribution in [2.45, 2.75) is 96.9 Å². The first kappa shape index (κ1) is 18.8. The van der Waals surface area contributed by atoms with E-state index in [1.165, 1.54) is 95.6 Å². The maximum atomic E-state index is 2.51. The summed E-state index contributed by atoms with van der Waals surface area (Å²) in [6.45, 7) is 3.37. The highest BCUT2D eigenvalue weighted by Crippen LogP contribution is 2.45. The summed E-state index contributed by atoms with van der Waals surface area (Å²) in [5.74, 6) is 2.97. The Balaban J connectivity index is 1.06. The Bertz CT molecular complexity index is 512. The molecule has 1 saturated carbocycles. The molecule has 2 aliphatic rings. The van der Waals surface area contributed by atoms with Crippen LogP contribution in [0.2, 0.25) is 0 Å². The molecule has 0 N–H and O–H groups in total. The van der Waals surface area contributed by atoms with Crippen LogP contribution >= 0.6 is 0 Å². The maximum absolute atomic E-state index is 2.51. The van der Waals surface area contributed by atoms with E-state index < -0.39 is 0 Å². The number of rotatable bonds is 13. The lowest BCUT2D eigenvalue weighted by Gasteiger charge is -2.17. The lowest BCUT2D eigenvalue weighted by atomic mass is 9.88. The lowest BCUT2D eigenvalue weighted by molar-refractivity contribution is 0.393. The fourth-order valence-corrected chi connectivity index (χ4v) is 5.04. The fourth-order valence-electron chi connectivity index (χ4n) is 5.04. The van der Waals surface area contributed by atoms with Crippen molar-refractivity contribution in [3.8, 4) is 0 Å². The summed E-state index contributed by atoms with van der Waals surface area (Å²) in [4.78, 5) is 0. The highest BCUT2D eigenvalue weighted by atomic mass is 14.9. The van der Waals surface area contributed by atoms with E-state index in [1.807, 2.05) is 0 Å². The molecule has 2 bridgehead atoms. The highest BCUT2D eigenvalue weighted by molar-refractivity contribution is 5.09. The summed E-state index contributed by atoms with van der Waals surface area (Å²) in [7, 11) is 0. The number of aryl methyl sites for hydroxylation is 2. The molecular formula is C24H39N. The van der Waals surface area contributed by atoms with E-state index in [1.54, 1.807) is 0 Å². The minimum Gasteiger partial charge on any atom is -0.354 e. The van der Waals surface area contributed by atoms with Gasteiger partial charge in [0.05, 0.1) is 0 Å².